The van der Waals surface area contributed by atoms with E-state index in [2.05, 4.69) is 89.3 Å². The SMILES string of the molecule is Nc1ccc(C2(c3ccc(N)cc3)c3ccccc3-c3ccc(I)cc32)cc1. The number of nitrogen functional groups attached to an aromatic ring is 2. The van der Waals surface area contributed by atoms with Crippen LogP contribution in [0.1, 0.15) is 22.3 Å². The Morgan fingerprint density at radius 1 is 0.571 bits per heavy atom. The number of hydrogen-bond acceptors (Lipinski definition) is 2. The zero-order valence-corrected chi connectivity index (χ0v) is 17.4. The van der Waals surface area contributed by atoms with Gasteiger partial charge in [0.25, 0.3) is 0 Å². The number of halogens is 1. The fourth-order valence-electron chi connectivity index (χ4n) is 4.51. The van der Waals surface area contributed by atoms with E-state index in [1.165, 1.54) is 37.0 Å². The molecule has 0 fully saturated rings. The summed E-state index contributed by atoms with van der Waals surface area (Å²) in [6, 6.07) is 32.0. The molecule has 2 nitrogen and oxygen atoms in total. The Morgan fingerprint density at radius 2 is 1.11 bits per heavy atom. The normalized spacial score (nSPS) is 13.8. The lowest BCUT2D eigenvalue weighted by Crippen LogP contribution is -2.28. The van der Waals surface area contributed by atoms with E-state index in [-0.39, 0.29) is 0 Å². The Bertz CT molecular complexity index is 1130. The molecule has 28 heavy (non-hydrogen) atoms. The summed E-state index contributed by atoms with van der Waals surface area (Å²) >= 11 is 2.40. The van der Waals surface area contributed by atoms with E-state index in [1.54, 1.807) is 0 Å². The quantitative estimate of drug-likeness (QED) is 0.250. The van der Waals surface area contributed by atoms with E-state index in [0.29, 0.717) is 0 Å². The Kier molecular flexibility index (Phi) is 3.95. The van der Waals surface area contributed by atoms with Gasteiger partial charge in [0.2, 0.25) is 0 Å². The van der Waals surface area contributed by atoms with Crippen molar-refractivity contribution < 1.29 is 0 Å². The number of fused-ring (bicyclic) bond motifs is 3. The lowest BCUT2D eigenvalue weighted by atomic mass is 9.67. The first-order chi connectivity index (χ1) is 13.6. The smallest absolute Gasteiger partial charge is 0.0713 e. The molecule has 4 aromatic carbocycles. The molecule has 1 aliphatic rings. The van der Waals surface area contributed by atoms with Gasteiger partial charge >= 0.3 is 0 Å². The monoisotopic (exact) mass is 474 g/mol. The second-order valence-electron chi connectivity index (χ2n) is 7.23. The summed E-state index contributed by atoms with van der Waals surface area (Å²) < 4.78 is 1.22. The first kappa shape index (κ1) is 17.3. The maximum atomic E-state index is 6.02. The van der Waals surface area contributed by atoms with Gasteiger partial charge in [-0.1, -0.05) is 54.6 Å². The summed E-state index contributed by atoms with van der Waals surface area (Å²) in [5.74, 6) is 0. The molecule has 4 aromatic rings. The van der Waals surface area contributed by atoms with Gasteiger partial charge in [-0.05, 0) is 92.4 Å². The molecule has 1 aliphatic carbocycles. The molecule has 4 N–H and O–H groups in total. The van der Waals surface area contributed by atoms with Crippen molar-refractivity contribution in [1.29, 1.82) is 0 Å². The molecule has 5 rings (SSSR count). The third kappa shape index (κ3) is 2.39. The molecule has 0 spiro atoms. The second-order valence-corrected chi connectivity index (χ2v) is 8.48. The van der Waals surface area contributed by atoms with Crippen molar-refractivity contribution in [1.82, 2.24) is 0 Å². The summed E-state index contributed by atoms with van der Waals surface area (Å²) in [7, 11) is 0. The molecular weight excluding hydrogens is 455 g/mol. The minimum absolute atomic E-state index is 0.394. The van der Waals surface area contributed by atoms with Crippen LogP contribution in [0, 0.1) is 3.57 Å². The Balaban J connectivity index is 1.96. The molecule has 0 unspecified atom stereocenters. The highest BCUT2D eigenvalue weighted by Gasteiger charge is 2.45. The molecule has 0 radical (unpaired) electrons. The molecule has 0 aromatic heterocycles. The van der Waals surface area contributed by atoms with Gasteiger partial charge in [-0.2, -0.15) is 0 Å². The van der Waals surface area contributed by atoms with Crippen LogP contribution in [0.15, 0.2) is 91.0 Å². The molecule has 0 saturated heterocycles. The highest BCUT2D eigenvalue weighted by molar-refractivity contribution is 14.1. The Morgan fingerprint density at radius 3 is 1.71 bits per heavy atom. The van der Waals surface area contributed by atoms with E-state index in [4.69, 9.17) is 11.5 Å². The van der Waals surface area contributed by atoms with Crippen LogP contribution < -0.4 is 11.5 Å². The number of benzene rings is 4. The van der Waals surface area contributed by atoms with Crippen molar-refractivity contribution in [2.45, 2.75) is 5.41 Å². The predicted octanol–water partition coefficient (Wildman–Crippen LogP) is 5.82. The average Bonchev–Trinajstić information content (AvgIpc) is 3.00. The van der Waals surface area contributed by atoms with Crippen LogP contribution in [-0.2, 0) is 5.41 Å². The highest BCUT2D eigenvalue weighted by atomic mass is 127. The van der Waals surface area contributed by atoms with Crippen molar-refractivity contribution in [3.8, 4) is 11.1 Å². The third-order valence-corrected chi connectivity index (χ3v) is 6.37. The maximum Gasteiger partial charge on any atom is 0.0713 e. The summed E-state index contributed by atoms with van der Waals surface area (Å²) in [5.41, 5.74) is 20.8. The Hall–Kier alpha value is -2.79. The van der Waals surface area contributed by atoms with E-state index >= 15 is 0 Å². The first-order valence-electron chi connectivity index (χ1n) is 9.22. The van der Waals surface area contributed by atoms with Crippen LogP contribution in [0.2, 0.25) is 0 Å². The van der Waals surface area contributed by atoms with Crippen molar-refractivity contribution in [3.05, 3.63) is 117 Å². The minimum Gasteiger partial charge on any atom is -0.399 e. The molecule has 0 atom stereocenters. The van der Waals surface area contributed by atoms with Crippen molar-refractivity contribution in [3.63, 3.8) is 0 Å². The summed E-state index contributed by atoms with van der Waals surface area (Å²) in [6.45, 7) is 0. The fourth-order valence-corrected chi connectivity index (χ4v) is 5.00. The van der Waals surface area contributed by atoms with Crippen molar-refractivity contribution in [2.75, 3.05) is 11.5 Å². The number of rotatable bonds is 2. The van der Waals surface area contributed by atoms with Gasteiger partial charge < -0.3 is 11.5 Å². The van der Waals surface area contributed by atoms with Gasteiger partial charge in [-0.15, -0.1) is 0 Å². The third-order valence-electron chi connectivity index (χ3n) is 5.69. The van der Waals surface area contributed by atoms with Crippen LogP contribution in [0.3, 0.4) is 0 Å². The van der Waals surface area contributed by atoms with Gasteiger partial charge in [-0.3, -0.25) is 0 Å². The Labute approximate surface area is 178 Å². The minimum atomic E-state index is -0.394. The number of hydrogen-bond donors (Lipinski definition) is 2. The molecule has 0 saturated carbocycles. The lowest BCUT2D eigenvalue weighted by Gasteiger charge is -2.34. The van der Waals surface area contributed by atoms with E-state index in [1.807, 2.05) is 24.3 Å². The number of anilines is 2. The average molecular weight is 474 g/mol. The van der Waals surface area contributed by atoms with E-state index < -0.39 is 5.41 Å². The number of nitrogens with two attached hydrogens (primary N) is 2. The van der Waals surface area contributed by atoms with Crippen LogP contribution in [0.25, 0.3) is 11.1 Å². The topological polar surface area (TPSA) is 52.0 Å². The molecule has 0 bridgehead atoms. The lowest BCUT2D eigenvalue weighted by molar-refractivity contribution is 0.768. The summed E-state index contributed by atoms with van der Waals surface area (Å²) in [6.07, 6.45) is 0. The fraction of sp³-hybridized carbons (Fsp3) is 0.0400. The van der Waals surface area contributed by atoms with Gasteiger partial charge in [0, 0.05) is 14.9 Å². The van der Waals surface area contributed by atoms with Crippen LogP contribution in [0.5, 0.6) is 0 Å². The van der Waals surface area contributed by atoms with Crippen LogP contribution in [0.4, 0.5) is 11.4 Å². The standard InChI is InChI=1S/C25H19IN2/c26-18-9-14-22-21-3-1-2-4-23(21)25(24(22)15-18,16-5-10-19(27)11-6-16)17-7-12-20(28)13-8-17/h1-15H,27-28H2. The largest absolute Gasteiger partial charge is 0.399 e. The van der Waals surface area contributed by atoms with E-state index in [9.17, 15) is 0 Å². The first-order valence-corrected chi connectivity index (χ1v) is 10.3. The molecular formula is C25H19IN2. The van der Waals surface area contributed by atoms with E-state index in [0.717, 1.165) is 11.4 Å². The van der Waals surface area contributed by atoms with Crippen LogP contribution >= 0.6 is 22.6 Å². The van der Waals surface area contributed by atoms with Gasteiger partial charge in [0.15, 0.2) is 0 Å². The maximum absolute atomic E-state index is 6.02. The van der Waals surface area contributed by atoms with Gasteiger partial charge in [0.05, 0.1) is 5.41 Å². The molecule has 3 heteroatoms. The zero-order chi connectivity index (χ0) is 19.3. The van der Waals surface area contributed by atoms with Crippen molar-refractivity contribution >= 4 is 34.0 Å². The molecule has 0 aliphatic heterocycles. The summed E-state index contributed by atoms with van der Waals surface area (Å²) in [4.78, 5) is 0. The molecule has 136 valence electrons. The highest BCUT2D eigenvalue weighted by Crippen LogP contribution is 2.56. The zero-order valence-electron chi connectivity index (χ0n) is 15.2. The van der Waals surface area contributed by atoms with Crippen molar-refractivity contribution in [2.24, 2.45) is 0 Å². The van der Waals surface area contributed by atoms with Gasteiger partial charge in [-0.25, -0.2) is 0 Å². The molecule has 0 amide bonds. The second kappa shape index (κ2) is 6.38. The van der Waals surface area contributed by atoms with Crippen LogP contribution in [-0.4, -0.2) is 0 Å². The summed E-state index contributed by atoms with van der Waals surface area (Å²) in [5, 5.41) is 0. The molecule has 0 heterocycles. The predicted molar refractivity (Wildman–Crippen MR) is 125 cm³/mol. The van der Waals surface area contributed by atoms with Gasteiger partial charge in [0.1, 0.15) is 0 Å².